The Morgan fingerprint density at radius 1 is 1.17 bits per heavy atom. The predicted octanol–water partition coefficient (Wildman–Crippen LogP) is 5.14. The molecule has 0 fully saturated rings. The average Bonchev–Trinajstić information content (AvgIpc) is 3.49. The molecule has 0 amide bonds. The maximum atomic E-state index is 13.4. The molecule has 2 aromatic heterocycles. The monoisotopic (exact) mass is 566 g/mol. The number of nitrogens with zero attached hydrogens (tertiary/aromatic N) is 3. The Hall–Kier alpha value is -2.53. The van der Waals surface area contributed by atoms with Crippen LogP contribution in [0.2, 0.25) is 5.02 Å². The molecule has 0 bridgehead atoms. The highest BCUT2D eigenvalue weighted by Gasteiger charge is 2.31. The highest BCUT2D eigenvalue weighted by molar-refractivity contribution is 8.08. The molecule has 186 valence electrons. The minimum Gasteiger partial charge on any atom is -0.337 e. The predicted molar refractivity (Wildman–Crippen MR) is 141 cm³/mol. The number of thiazole rings is 2. The number of rotatable bonds is 4. The Labute approximate surface area is 222 Å². The number of thioether (sulfide) groups is 1. The van der Waals surface area contributed by atoms with E-state index in [0.29, 0.717) is 28.2 Å². The molecule has 2 aromatic carbocycles. The molecular formula is C25H20ClF3N3OS3+. The van der Waals surface area contributed by atoms with Gasteiger partial charge in [0.25, 0.3) is 10.6 Å². The minimum absolute atomic E-state index is 0.0667. The van der Waals surface area contributed by atoms with Crippen LogP contribution >= 0.6 is 46.0 Å². The second kappa shape index (κ2) is 9.74. The molecule has 5 rings (SSSR count). The summed E-state index contributed by atoms with van der Waals surface area (Å²) in [6.07, 6.45) is -0.611. The largest absolute Gasteiger partial charge is 0.416 e. The number of alkyl halides is 3. The van der Waals surface area contributed by atoms with Crippen molar-refractivity contribution in [2.24, 2.45) is 0 Å². The van der Waals surface area contributed by atoms with E-state index in [-0.39, 0.29) is 5.56 Å². The molecule has 0 N–H and O–H groups in total. The second-order valence-corrected chi connectivity index (χ2v) is 11.5. The van der Waals surface area contributed by atoms with Crippen LogP contribution in [0.25, 0.3) is 11.1 Å². The van der Waals surface area contributed by atoms with E-state index in [1.54, 1.807) is 10.6 Å². The van der Waals surface area contributed by atoms with Gasteiger partial charge in [-0.2, -0.15) is 17.7 Å². The van der Waals surface area contributed by atoms with E-state index < -0.39 is 11.7 Å². The van der Waals surface area contributed by atoms with Gasteiger partial charge in [0.2, 0.25) is 0 Å². The van der Waals surface area contributed by atoms with Gasteiger partial charge in [0.15, 0.2) is 12.7 Å². The van der Waals surface area contributed by atoms with Crippen molar-refractivity contribution in [2.75, 3.05) is 11.9 Å². The zero-order chi connectivity index (χ0) is 25.6. The lowest BCUT2D eigenvalue weighted by molar-refractivity contribution is -0.685. The molecule has 0 radical (unpaired) electrons. The van der Waals surface area contributed by atoms with Crippen molar-refractivity contribution in [3.63, 3.8) is 0 Å². The van der Waals surface area contributed by atoms with Gasteiger partial charge in [-0.3, -0.25) is 9.36 Å². The first-order chi connectivity index (χ1) is 17.2. The van der Waals surface area contributed by atoms with Gasteiger partial charge in [0.05, 0.1) is 22.7 Å². The zero-order valence-corrected chi connectivity index (χ0v) is 22.4. The number of hydrogen-bond acceptors (Lipinski definition) is 5. The summed E-state index contributed by atoms with van der Waals surface area (Å²) < 4.78 is 44.5. The molecule has 3 heterocycles. The van der Waals surface area contributed by atoms with Gasteiger partial charge < -0.3 is 4.90 Å². The molecule has 0 spiro atoms. The summed E-state index contributed by atoms with van der Waals surface area (Å²) in [5, 5.41) is 4.23. The quantitative estimate of drug-likeness (QED) is 0.321. The van der Waals surface area contributed by atoms with Gasteiger partial charge in [-0.25, -0.2) is 0 Å². The van der Waals surface area contributed by atoms with E-state index in [2.05, 4.69) is 0 Å². The van der Waals surface area contributed by atoms with E-state index in [9.17, 15) is 18.0 Å². The summed E-state index contributed by atoms with van der Waals surface area (Å²) in [4.78, 5) is 16.4. The molecule has 4 nitrogen and oxygen atoms in total. The molecule has 0 atom stereocenters. The number of aromatic nitrogens is 2. The van der Waals surface area contributed by atoms with Crippen LogP contribution in [0.3, 0.4) is 0 Å². The molecule has 0 aliphatic carbocycles. The first-order valence-electron chi connectivity index (χ1n) is 11.0. The highest BCUT2D eigenvalue weighted by Crippen LogP contribution is 2.46. The third kappa shape index (κ3) is 4.74. The van der Waals surface area contributed by atoms with E-state index >= 15 is 0 Å². The van der Waals surface area contributed by atoms with Crippen LogP contribution in [0, 0.1) is 0 Å². The SMILES string of the molecule is CCn1c(=Cc2scc[n+]2Cc2cccc(C(F)(F)F)c2)sc(=C2Sc3cc(Cl)ccc3N2C)c1=O. The van der Waals surface area contributed by atoms with Gasteiger partial charge in [-0.1, -0.05) is 46.8 Å². The lowest BCUT2D eigenvalue weighted by Gasteiger charge is -2.12. The average molecular weight is 567 g/mol. The number of fused-ring (bicyclic) bond motifs is 1. The summed E-state index contributed by atoms with van der Waals surface area (Å²) >= 11 is 10.6. The third-order valence-electron chi connectivity index (χ3n) is 5.78. The standard InChI is InChI=1S/C25H20ClF3N3OS3/c1-3-32-21(36-22(23(32)33)24-30(2)18-8-7-17(26)12-19(18)35-24)13-20-31(9-10-34-20)14-15-5-4-6-16(11-15)25(27,28)29/h4-13H,3,14H2,1-2H3/q+1. The van der Waals surface area contributed by atoms with Crippen molar-refractivity contribution >= 4 is 62.8 Å². The van der Waals surface area contributed by atoms with Crippen LogP contribution in [0.5, 0.6) is 0 Å². The van der Waals surface area contributed by atoms with Gasteiger partial charge in [0.1, 0.15) is 14.2 Å². The number of halogens is 4. The molecule has 11 heteroatoms. The van der Waals surface area contributed by atoms with Gasteiger partial charge in [-0.15, -0.1) is 11.3 Å². The molecule has 0 saturated heterocycles. The van der Waals surface area contributed by atoms with Crippen LogP contribution in [0.4, 0.5) is 18.9 Å². The van der Waals surface area contributed by atoms with E-state index in [1.807, 2.05) is 59.3 Å². The van der Waals surface area contributed by atoms with Crippen LogP contribution < -0.4 is 24.2 Å². The van der Waals surface area contributed by atoms with E-state index in [4.69, 9.17) is 11.6 Å². The van der Waals surface area contributed by atoms with Crippen molar-refractivity contribution in [3.05, 3.63) is 94.7 Å². The molecule has 4 aromatic rings. The Balaban J connectivity index is 1.56. The molecule has 0 saturated carbocycles. The summed E-state index contributed by atoms with van der Waals surface area (Å²) in [7, 11) is 1.93. The molecule has 0 unspecified atom stereocenters. The Kier molecular flexibility index (Phi) is 6.80. The van der Waals surface area contributed by atoms with E-state index in [0.717, 1.165) is 31.3 Å². The van der Waals surface area contributed by atoms with Crippen molar-refractivity contribution in [1.82, 2.24) is 4.57 Å². The Morgan fingerprint density at radius 3 is 2.72 bits per heavy atom. The van der Waals surface area contributed by atoms with Crippen molar-refractivity contribution < 1.29 is 17.7 Å². The molecule has 1 aliphatic heterocycles. The molecule has 1 aliphatic rings. The third-order valence-corrected chi connectivity index (χ3v) is 9.34. The van der Waals surface area contributed by atoms with Gasteiger partial charge >= 0.3 is 6.18 Å². The van der Waals surface area contributed by atoms with Crippen LogP contribution in [-0.4, -0.2) is 11.6 Å². The maximum Gasteiger partial charge on any atom is 0.416 e. The lowest BCUT2D eigenvalue weighted by Crippen LogP contribution is -2.36. The number of benzene rings is 2. The smallest absolute Gasteiger partial charge is 0.337 e. The van der Waals surface area contributed by atoms with Gasteiger partial charge in [-0.05, 0) is 37.3 Å². The maximum absolute atomic E-state index is 13.4. The minimum atomic E-state index is -4.39. The normalized spacial score (nSPS) is 15.6. The first kappa shape index (κ1) is 25.1. The zero-order valence-electron chi connectivity index (χ0n) is 19.2. The second-order valence-electron chi connectivity index (χ2n) is 8.11. The van der Waals surface area contributed by atoms with E-state index in [1.165, 1.54) is 46.6 Å². The fraction of sp³-hybridized carbons (Fsp3) is 0.200. The topological polar surface area (TPSA) is 29.1 Å². The van der Waals surface area contributed by atoms with Crippen LogP contribution in [0.1, 0.15) is 23.1 Å². The molecular weight excluding hydrogens is 547 g/mol. The summed E-state index contributed by atoms with van der Waals surface area (Å²) in [6.45, 7) is 2.71. The highest BCUT2D eigenvalue weighted by atomic mass is 35.5. The fourth-order valence-electron chi connectivity index (χ4n) is 4.01. The lowest BCUT2D eigenvalue weighted by atomic mass is 10.1. The number of anilines is 1. The Morgan fingerprint density at radius 2 is 1.97 bits per heavy atom. The van der Waals surface area contributed by atoms with Gasteiger partial charge in [0, 0.05) is 29.1 Å². The summed E-state index contributed by atoms with van der Waals surface area (Å²) in [5.74, 6) is 0. The summed E-state index contributed by atoms with van der Waals surface area (Å²) in [5.41, 5.74) is 0.820. The molecule has 36 heavy (non-hydrogen) atoms. The van der Waals surface area contributed by atoms with Crippen molar-refractivity contribution in [1.29, 1.82) is 0 Å². The van der Waals surface area contributed by atoms with Crippen LogP contribution in [-0.2, 0) is 19.3 Å². The Bertz CT molecular complexity index is 1640. The van der Waals surface area contributed by atoms with Crippen molar-refractivity contribution in [3.8, 4) is 0 Å². The summed E-state index contributed by atoms with van der Waals surface area (Å²) in [6, 6.07) is 11.0. The first-order valence-corrected chi connectivity index (χ1v) is 13.8. The van der Waals surface area contributed by atoms with Crippen LogP contribution in [0.15, 0.2) is 63.7 Å². The number of hydrogen-bond donors (Lipinski definition) is 0. The van der Waals surface area contributed by atoms with Crippen molar-refractivity contribution in [2.45, 2.75) is 31.1 Å². The fourth-order valence-corrected chi connectivity index (χ4v) is 7.60.